The Bertz CT molecular complexity index is 373. The van der Waals surface area contributed by atoms with Crippen molar-refractivity contribution in [3.05, 3.63) is 23.8 Å². The number of benzene rings is 1. The summed E-state index contributed by atoms with van der Waals surface area (Å²) in [7, 11) is 0. The Morgan fingerprint density at radius 3 is 2.81 bits per heavy atom. The van der Waals surface area contributed by atoms with E-state index in [1.54, 1.807) is 0 Å². The van der Waals surface area contributed by atoms with E-state index in [4.69, 9.17) is 0 Å². The van der Waals surface area contributed by atoms with E-state index in [1.165, 1.54) is 18.2 Å². The summed E-state index contributed by atoms with van der Waals surface area (Å²) in [5.74, 6) is 0.233. The lowest BCUT2D eigenvalue weighted by molar-refractivity contribution is 0.0164. The number of aliphatic hydroxyl groups is 1. The van der Waals surface area contributed by atoms with Crippen molar-refractivity contribution in [2.45, 2.75) is 24.9 Å². The fraction of sp³-hybridized carbons (Fsp3) is 0.500. The first-order valence-corrected chi connectivity index (χ1v) is 5.53. The lowest BCUT2D eigenvalue weighted by Gasteiger charge is -2.32. The van der Waals surface area contributed by atoms with Crippen LogP contribution in [0, 0.1) is 0 Å². The van der Waals surface area contributed by atoms with E-state index in [1.807, 2.05) is 0 Å². The molecular formula is C12H17NO3. The molecule has 1 unspecified atom stereocenters. The minimum atomic E-state index is -0.816. The van der Waals surface area contributed by atoms with Crippen LogP contribution < -0.4 is 5.32 Å². The summed E-state index contributed by atoms with van der Waals surface area (Å²) in [5, 5.41) is 32.4. The Hall–Kier alpha value is -1.26. The van der Waals surface area contributed by atoms with Crippen LogP contribution >= 0.6 is 0 Å². The van der Waals surface area contributed by atoms with Crippen molar-refractivity contribution in [2.24, 2.45) is 0 Å². The quantitative estimate of drug-likeness (QED) is 0.558. The minimum Gasteiger partial charge on any atom is -0.508 e. The summed E-state index contributed by atoms with van der Waals surface area (Å²) in [6.45, 7) is 1.45. The molecule has 88 valence electrons. The Morgan fingerprint density at radius 2 is 2.12 bits per heavy atom. The summed E-state index contributed by atoms with van der Waals surface area (Å²) < 4.78 is 0. The van der Waals surface area contributed by atoms with Crippen LogP contribution in [0.3, 0.4) is 0 Å². The van der Waals surface area contributed by atoms with Crippen molar-refractivity contribution in [3.63, 3.8) is 0 Å². The van der Waals surface area contributed by atoms with Crippen LogP contribution in [0.1, 0.15) is 18.4 Å². The first-order chi connectivity index (χ1) is 7.59. The van der Waals surface area contributed by atoms with Crippen molar-refractivity contribution in [3.8, 4) is 11.5 Å². The summed E-state index contributed by atoms with van der Waals surface area (Å²) in [4.78, 5) is 0. The highest BCUT2D eigenvalue weighted by molar-refractivity contribution is 5.39. The molecule has 1 aliphatic rings. The molecule has 1 aromatic rings. The van der Waals surface area contributed by atoms with Crippen LogP contribution in [0.25, 0.3) is 0 Å². The molecule has 1 heterocycles. The average Bonchev–Trinajstić information content (AvgIpc) is 2.24. The molecule has 1 aliphatic heterocycles. The van der Waals surface area contributed by atoms with Gasteiger partial charge in [0.1, 0.15) is 11.5 Å². The van der Waals surface area contributed by atoms with Gasteiger partial charge in [-0.25, -0.2) is 0 Å². The lowest BCUT2D eigenvalue weighted by atomic mass is 9.87. The standard InChI is InChI=1S/C12H17NO3/c14-10-2-3-11(15)9(6-10)7-12(16)4-1-5-13-8-12/h2-3,6,13-16H,1,4-5,7-8H2. The average molecular weight is 223 g/mol. The number of phenols is 2. The highest BCUT2D eigenvalue weighted by atomic mass is 16.3. The van der Waals surface area contributed by atoms with Crippen molar-refractivity contribution < 1.29 is 15.3 Å². The predicted molar refractivity (Wildman–Crippen MR) is 60.5 cm³/mol. The Morgan fingerprint density at radius 1 is 1.31 bits per heavy atom. The third-order valence-corrected chi connectivity index (χ3v) is 3.03. The molecule has 2 rings (SSSR count). The van der Waals surface area contributed by atoms with E-state index in [0.29, 0.717) is 18.5 Å². The smallest absolute Gasteiger partial charge is 0.119 e. The lowest BCUT2D eigenvalue weighted by Crippen LogP contribution is -2.47. The molecule has 0 radical (unpaired) electrons. The zero-order valence-corrected chi connectivity index (χ0v) is 9.11. The molecule has 1 atom stereocenters. The fourth-order valence-electron chi connectivity index (χ4n) is 2.17. The molecule has 0 aromatic heterocycles. The highest BCUT2D eigenvalue weighted by Gasteiger charge is 2.30. The molecular weight excluding hydrogens is 206 g/mol. The molecule has 1 saturated heterocycles. The molecule has 4 N–H and O–H groups in total. The molecule has 0 bridgehead atoms. The van der Waals surface area contributed by atoms with E-state index >= 15 is 0 Å². The summed E-state index contributed by atoms with van der Waals surface area (Å²) in [5.41, 5.74) is -0.227. The van der Waals surface area contributed by atoms with Crippen LogP contribution in [-0.2, 0) is 6.42 Å². The van der Waals surface area contributed by atoms with Crippen LogP contribution in [0.2, 0.25) is 0 Å². The number of piperidine rings is 1. The van der Waals surface area contributed by atoms with Crippen molar-refractivity contribution in [1.29, 1.82) is 0 Å². The van der Waals surface area contributed by atoms with E-state index in [-0.39, 0.29) is 11.5 Å². The maximum absolute atomic E-state index is 10.3. The minimum absolute atomic E-state index is 0.111. The van der Waals surface area contributed by atoms with Crippen molar-refractivity contribution in [2.75, 3.05) is 13.1 Å². The van der Waals surface area contributed by atoms with Crippen LogP contribution in [-0.4, -0.2) is 34.0 Å². The number of hydrogen-bond acceptors (Lipinski definition) is 4. The SMILES string of the molecule is Oc1ccc(O)c(CC2(O)CCCNC2)c1. The van der Waals surface area contributed by atoms with Crippen molar-refractivity contribution in [1.82, 2.24) is 5.32 Å². The van der Waals surface area contributed by atoms with Gasteiger partial charge >= 0.3 is 0 Å². The summed E-state index contributed by atoms with van der Waals surface area (Å²) in [6, 6.07) is 4.38. The number of aromatic hydroxyl groups is 2. The topological polar surface area (TPSA) is 72.7 Å². The van der Waals surface area contributed by atoms with Gasteiger partial charge in [-0.3, -0.25) is 0 Å². The first kappa shape index (κ1) is 11.2. The van der Waals surface area contributed by atoms with Gasteiger partial charge in [0.2, 0.25) is 0 Å². The second-order valence-corrected chi connectivity index (χ2v) is 4.49. The van der Waals surface area contributed by atoms with Crippen molar-refractivity contribution >= 4 is 0 Å². The Kier molecular flexibility index (Phi) is 3.03. The molecule has 4 nitrogen and oxygen atoms in total. The van der Waals surface area contributed by atoms with E-state index in [2.05, 4.69) is 5.32 Å². The molecule has 1 aromatic carbocycles. The fourth-order valence-corrected chi connectivity index (χ4v) is 2.17. The van der Waals surface area contributed by atoms with Crippen LogP contribution in [0.5, 0.6) is 11.5 Å². The number of β-amino-alcohol motifs (C(OH)–C–C–N with tert-alkyl or cyclic N) is 1. The zero-order chi connectivity index (χ0) is 11.6. The molecule has 0 aliphatic carbocycles. The third-order valence-electron chi connectivity index (χ3n) is 3.03. The number of phenolic OH excluding ortho intramolecular Hbond substituents is 2. The Labute approximate surface area is 94.5 Å². The third kappa shape index (κ3) is 2.46. The molecule has 16 heavy (non-hydrogen) atoms. The largest absolute Gasteiger partial charge is 0.508 e. The normalized spacial score (nSPS) is 25.6. The molecule has 4 heteroatoms. The number of rotatable bonds is 2. The van der Waals surface area contributed by atoms with Gasteiger partial charge in [-0.15, -0.1) is 0 Å². The molecule has 0 spiro atoms. The van der Waals surface area contributed by atoms with Gasteiger partial charge in [0.15, 0.2) is 0 Å². The van der Waals surface area contributed by atoms with Gasteiger partial charge in [0.25, 0.3) is 0 Å². The van der Waals surface area contributed by atoms with Gasteiger partial charge in [-0.05, 0) is 37.6 Å². The number of hydrogen-bond donors (Lipinski definition) is 4. The summed E-state index contributed by atoms with van der Waals surface area (Å²) in [6.07, 6.45) is 2.01. The highest BCUT2D eigenvalue weighted by Crippen LogP contribution is 2.28. The second-order valence-electron chi connectivity index (χ2n) is 4.49. The maximum Gasteiger partial charge on any atom is 0.119 e. The van der Waals surface area contributed by atoms with Crippen LogP contribution in [0.4, 0.5) is 0 Å². The monoisotopic (exact) mass is 223 g/mol. The summed E-state index contributed by atoms with van der Waals surface area (Å²) >= 11 is 0. The predicted octanol–water partition coefficient (Wildman–Crippen LogP) is 0.755. The molecule has 0 saturated carbocycles. The van der Waals surface area contributed by atoms with Gasteiger partial charge in [0.05, 0.1) is 5.60 Å². The van der Waals surface area contributed by atoms with Gasteiger partial charge < -0.3 is 20.6 Å². The van der Waals surface area contributed by atoms with E-state index in [0.717, 1.165) is 19.4 Å². The van der Waals surface area contributed by atoms with Gasteiger partial charge in [0, 0.05) is 18.5 Å². The first-order valence-electron chi connectivity index (χ1n) is 5.53. The maximum atomic E-state index is 10.3. The van der Waals surface area contributed by atoms with Crippen LogP contribution in [0.15, 0.2) is 18.2 Å². The second kappa shape index (κ2) is 4.31. The molecule has 0 amide bonds. The van der Waals surface area contributed by atoms with Gasteiger partial charge in [-0.1, -0.05) is 0 Å². The zero-order valence-electron chi connectivity index (χ0n) is 9.11. The van der Waals surface area contributed by atoms with E-state index < -0.39 is 5.60 Å². The number of nitrogens with one attached hydrogen (secondary N) is 1. The molecule has 1 fully saturated rings. The van der Waals surface area contributed by atoms with E-state index in [9.17, 15) is 15.3 Å². The van der Waals surface area contributed by atoms with Gasteiger partial charge in [-0.2, -0.15) is 0 Å². The Balaban J connectivity index is 2.15.